The molecule has 0 aliphatic carbocycles. The van der Waals surface area contributed by atoms with Crippen LogP contribution in [0.4, 0.5) is 0 Å². The van der Waals surface area contributed by atoms with Gasteiger partial charge in [0.25, 0.3) is 0 Å². The molecule has 2 rings (SSSR count). The molecule has 0 unspecified atom stereocenters. The van der Waals surface area contributed by atoms with E-state index in [1.165, 1.54) is 27.9 Å². The summed E-state index contributed by atoms with van der Waals surface area (Å²) in [5.41, 5.74) is 6.83. The Kier molecular flexibility index (Phi) is 7.97. The predicted molar refractivity (Wildman–Crippen MR) is 101 cm³/mol. The van der Waals surface area contributed by atoms with Gasteiger partial charge in [-0.05, 0) is 44.1 Å². The van der Waals surface area contributed by atoms with Crippen LogP contribution in [0.15, 0.2) is 36.5 Å². The van der Waals surface area contributed by atoms with Crippen molar-refractivity contribution >= 4 is 0 Å². The van der Waals surface area contributed by atoms with Crippen LogP contribution >= 0.6 is 0 Å². The van der Waals surface area contributed by atoms with E-state index >= 15 is 0 Å². The molecule has 0 aliphatic heterocycles. The molecule has 1 aromatic heterocycles. The van der Waals surface area contributed by atoms with Gasteiger partial charge in [0.05, 0.1) is 0 Å². The maximum Gasteiger partial charge on any atom is 0.212 e. The lowest BCUT2D eigenvalue weighted by atomic mass is 9.99. The van der Waals surface area contributed by atoms with E-state index in [4.69, 9.17) is 0 Å². The minimum atomic E-state index is 1.00. The summed E-state index contributed by atoms with van der Waals surface area (Å²) in [6.07, 6.45) is 3.31. The first kappa shape index (κ1) is 19.4. The SMILES string of the molecule is CC.CCc1ccccc1-c1cc(CN(C)CC)c(C)c[n+]1C. The first-order valence-corrected chi connectivity index (χ1v) is 8.82. The van der Waals surface area contributed by atoms with Gasteiger partial charge in [-0.3, -0.25) is 0 Å². The zero-order chi connectivity index (χ0) is 17.4. The van der Waals surface area contributed by atoms with Crippen molar-refractivity contribution in [2.45, 2.75) is 47.6 Å². The van der Waals surface area contributed by atoms with Gasteiger partial charge < -0.3 is 4.90 Å². The fraction of sp³-hybridized carbons (Fsp3) is 0.476. The lowest BCUT2D eigenvalue weighted by Gasteiger charge is -2.16. The second-order valence-electron chi connectivity index (χ2n) is 5.82. The van der Waals surface area contributed by atoms with Crippen LogP contribution in [-0.4, -0.2) is 18.5 Å². The molecule has 23 heavy (non-hydrogen) atoms. The summed E-state index contributed by atoms with van der Waals surface area (Å²) in [6, 6.07) is 11.1. The zero-order valence-electron chi connectivity index (χ0n) is 16.0. The predicted octanol–water partition coefficient (Wildman–Crippen LogP) is 4.53. The zero-order valence-corrected chi connectivity index (χ0v) is 16.0. The first-order chi connectivity index (χ1) is 11.1. The number of pyridine rings is 1. The van der Waals surface area contributed by atoms with Crippen LogP contribution in [-0.2, 0) is 20.0 Å². The van der Waals surface area contributed by atoms with Crippen molar-refractivity contribution in [3.8, 4) is 11.3 Å². The van der Waals surface area contributed by atoms with E-state index in [1.54, 1.807) is 0 Å². The molecule has 2 heteroatoms. The maximum atomic E-state index is 2.36. The Labute approximate surface area is 142 Å². The van der Waals surface area contributed by atoms with Gasteiger partial charge in [0.1, 0.15) is 7.05 Å². The van der Waals surface area contributed by atoms with Crippen LogP contribution in [0, 0.1) is 6.92 Å². The van der Waals surface area contributed by atoms with Crippen molar-refractivity contribution in [2.75, 3.05) is 13.6 Å². The van der Waals surface area contributed by atoms with Crippen LogP contribution in [0.2, 0.25) is 0 Å². The van der Waals surface area contributed by atoms with E-state index < -0.39 is 0 Å². The number of hydrogen-bond donors (Lipinski definition) is 0. The largest absolute Gasteiger partial charge is 0.302 e. The van der Waals surface area contributed by atoms with Gasteiger partial charge >= 0.3 is 0 Å². The summed E-state index contributed by atoms with van der Waals surface area (Å²) in [7, 11) is 4.31. The fourth-order valence-electron chi connectivity index (χ4n) is 2.74. The van der Waals surface area contributed by atoms with Crippen molar-refractivity contribution in [1.82, 2.24) is 4.90 Å². The summed E-state index contributed by atoms with van der Waals surface area (Å²) >= 11 is 0. The summed E-state index contributed by atoms with van der Waals surface area (Å²) in [5, 5.41) is 0. The van der Waals surface area contributed by atoms with E-state index in [-0.39, 0.29) is 0 Å². The number of rotatable bonds is 5. The standard InChI is InChI=1S/C19H27N2.C2H6/c1-6-16-10-8-9-11-18(16)19-12-17(14-20(4)7-2)15(3)13-21(19)5;1-2/h8-13H,6-7,14H2,1-5H3;1-2H3/q+1;. The van der Waals surface area contributed by atoms with Crippen molar-refractivity contribution in [2.24, 2.45) is 7.05 Å². The smallest absolute Gasteiger partial charge is 0.212 e. The quantitative estimate of drug-likeness (QED) is 0.736. The molecule has 0 aliphatic rings. The average molecular weight is 314 g/mol. The summed E-state index contributed by atoms with van der Waals surface area (Å²) in [5.74, 6) is 0. The Hall–Kier alpha value is -1.67. The van der Waals surface area contributed by atoms with Gasteiger partial charge in [-0.15, -0.1) is 0 Å². The fourth-order valence-corrected chi connectivity index (χ4v) is 2.74. The Bertz CT molecular complexity index is 617. The van der Waals surface area contributed by atoms with Crippen LogP contribution in [0.25, 0.3) is 11.3 Å². The molecule has 0 radical (unpaired) electrons. The topological polar surface area (TPSA) is 7.12 Å². The van der Waals surface area contributed by atoms with Crippen LogP contribution in [0.1, 0.15) is 44.4 Å². The molecular formula is C21H33N2+. The monoisotopic (exact) mass is 313 g/mol. The van der Waals surface area contributed by atoms with Gasteiger partial charge in [-0.1, -0.05) is 45.9 Å². The highest BCUT2D eigenvalue weighted by atomic mass is 15.1. The molecule has 0 amide bonds. The summed E-state index contributed by atoms with van der Waals surface area (Å²) in [4.78, 5) is 2.35. The molecule has 1 heterocycles. The van der Waals surface area contributed by atoms with Crippen LogP contribution in [0.3, 0.4) is 0 Å². The van der Waals surface area contributed by atoms with Gasteiger partial charge in [0.15, 0.2) is 6.20 Å². The number of benzene rings is 1. The highest BCUT2D eigenvalue weighted by Gasteiger charge is 2.16. The normalized spacial score (nSPS) is 10.4. The van der Waals surface area contributed by atoms with Crippen LogP contribution < -0.4 is 4.57 Å². The van der Waals surface area contributed by atoms with E-state index in [1.807, 2.05) is 13.8 Å². The molecule has 0 saturated carbocycles. The van der Waals surface area contributed by atoms with E-state index in [9.17, 15) is 0 Å². The van der Waals surface area contributed by atoms with Crippen LogP contribution in [0.5, 0.6) is 0 Å². The molecule has 0 saturated heterocycles. The highest BCUT2D eigenvalue weighted by Crippen LogP contribution is 2.23. The third-order valence-corrected chi connectivity index (χ3v) is 4.24. The van der Waals surface area contributed by atoms with E-state index in [0.29, 0.717) is 0 Å². The Balaban J connectivity index is 0.00000127. The average Bonchev–Trinajstić information content (AvgIpc) is 2.59. The summed E-state index contributed by atoms with van der Waals surface area (Å²) in [6.45, 7) is 12.7. The Morgan fingerprint density at radius 3 is 2.30 bits per heavy atom. The third-order valence-electron chi connectivity index (χ3n) is 4.24. The number of aryl methyl sites for hydroxylation is 3. The third kappa shape index (κ3) is 4.90. The molecule has 0 bridgehead atoms. The summed E-state index contributed by atoms with van der Waals surface area (Å²) < 4.78 is 2.25. The molecular weight excluding hydrogens is 280 g/mol. The molecule has 2 nitrogen and oxygen atoms in total. The number of hydrogen-bond acceptors (Lipinski definition) is 1. The molecule has 1 aromatic carbocycles. The van der Waals surface area contributed by atoms with Gasteiger partial charge in [-0.25, -0.2) is 4.57 Å². The van der Waals surface area contributed by atoms with Gasteiger partial charge in [-0.2, -0.15) is 0 Å². The molecule has 0 atom stereocenters. The molecule has 0 N–H and O–H groups in total. The number of aromatic nitrogens is 1. The second-order valence-corrected chi connectivity index (χ2v) is 5.82. The molecule has 0 fully saturated rings. The van der Waals surface area contributed by atoms with Crippen molar-refractivity contribution in [3.05, 3.63) is 53.2 Å². The second kappa shape index (κ2) is 9.46. The molecule has 0 spiro atoms. The molecule has 2 aromatic rings. The minimum Gasteiger partial charge on any atom is -0.302 e. The minimum absolute atomic E-state index is 1.00. The number of nitrogens with zero attached hydrogens (tertiary/aromatic N) is 2. The van der Waals surface area contributed by atoms with Gasteiger partial charge in [0, 0.05) is 23.7 Å². The lowest BCUT2D eigenvalue weighted by Crippen LogP contribution is -2.32. The van der Waals surface area contributed by atoms with Gasteiger partial charge in [0.2, 0.25) is 5.69 Å². The lowest BCUT2D eigenvalue weighted by molar-refractivity contribution is -0.660. The highest BCUT2D eigenvalue weighted by molar-refractivity contribution is 5.62. The van der Waals surface area contributed by atoms with Crippen molar-refractivity contribution in [1.29, 1.82) is 0 Å². The van der Waals surface area contributed by atoms with Crippen molar-refractivity contribution < 1.29 is 4.57 Å². The Morgan fingerprint density at radius 1 is 1.04 bits per heavy atom. The molecule has 126 valence electrons. The van der Waals surface area contributed by atoms with E-state index in [0.717, 1.165) is 19.5 Å². The Morgan fingerprint density at radius 2 is 1.70 bits per heavy atom. The first-order valence-electron chi connectivity index (χ1n) is 8.82. The van der Waals surface area contributed by atoms with E-state index in [2.05, 4.69) is 80.9 Å². The van der Waals surface area contributed by atoms with Crippen molar-refractivity contribution in [3.63, 3.8) is 0 Å². The maximum absolute atomic E-state index is 2.36.